The lowest BCUT2D eigenvalue weighted by atomic mass is 10.1. The quantitative estimate of drug-likeness (QED) is 0.451. The molecule has 0 spiro atoms. The molecule has 3 heterocycles. The number of carbonyl (C=O) groups excluding carboxylic acids is 2. The molecule has 7 nitrogen and oxygen atoms in total. The second-order valence-electron chi connectivity index (χ2n) is 8.13. The number of nitrogens with one attached hydrogen (secondary N) is 2. The third kappa shape index (κ3) is 7.14. The molecule has 0 radical (unpaired) electrons. The highest BCUT2D eigenvalue weighted by Crippen LogP contribution is 2.08. The van der Waals surface area contributed by atoms with E-state index in [9.17, 15) is 9.59 Å². The van der Waals surface area contributed by atoms with Crippen LogP contribution >= 0.6 is 0 Å². The Kier molecular flexibility index (Phi) is 7.47. The molecule has 0 aliphatic carbocycles. The van der Waals surface area contributed by atoms with Crippen LogP contribution in [0.15, 0.2) is 60.9 Å². The zero-order chi connectivity index (χ0) is 23.0. The van der Waals surface area contributed by atoms with Crippen molar-refractivity contribution in [2.75, 3.05) is 0 Å². The SMILES string of the molecule is C[Si](C)(C)C#Cc1cc(C(=O)NCc2ccccn2)nc(C(=O)NCc2ccccn2)c1. The van der Waals surface area contributed by atoms with Gasteiger partial charge >= 0.3 is 0 Å². The van der Waals surface area contributed by atoms with Crippen LogP contribution < -0.4 is 10.6 Å². The second kappa shape index (κ2) is 10.5. The van der Waals surface area contributed by atoms with Crippen LogP contribution in [0.25, 0.3) is 0 Å². The van der Waals surface area contributed by atoms with E-state index in [4.69, 9.17) is 0 Å². The Labute approximate surface area is 188 Å². The van der Waals surface area contributed by atoms with Crippen LogP contribution in [-0.4, -0.2) is 34.8 Å². The minimum Gasteiger partial charge on any atom is -0.345 e. The largest absolute Gasteiger partial charge is 0.345 e. The van der Waals surface area contributed by atoms with E-state index in [0.29, 0.717) is 5.56 Å². The lowest BCUT2D eigenvalue weighted by Gasteiger charge is -2.09. The molecule has 0 fully saturated rings. The number of carbonyl (C=O) groups is 2. The van der Waals surface area contributed by atoms with Gasteiger partial charge in [-0.3, -0.25) is 19.6 Å². The molecular formula is C24H25N5O2Si. The van der Waals surface area contributed by atoms with Crippen molar-refractivity contribution in [2.45, 2.75) is 32.7 Å². The molecule has 0 aliphatic rings. The predicted octanol–water partition coefficient (Wildman–Crippen LogP) is 2.96. The van der Waals surface area contributed by atoms with Crippen LogP contribution in [0.5, 0.6) is 0 Å². The normalized spacial score (nSPS) is 10.6. The molecule has 3 rings (SSSR count). The number of pyridine rings is 3. The number of hydrogen-bond acceptors (Lipinski definition) is 5. The summed E-state index contributed by atoms with van der Waals surface area (Å²) in [7, 11) is -1.65. The molecule has 0 saturated heterocycles. The number of rotatable bonds is 6. The lowest BCUT2D eigenvalue weighted by molar-refractivity contribution is 0.0941. The van der Waals surface area contributed by atoms with Crippen molar-refractivity contribution in [3.8, 4) is 11.5 Å². The van der Waals surface area contributed by atoms with Gasteiger partial charge in [-0.1, -0.05) is 37.7 Å². The van der Waals surface area contributed by atoms with Crippen molar-refractivity contribution in [2.24, 2.45) is 0 Å². The summed E-state index contributed by atoms with van der Waals surface area (Å²) in [4.78, 5) is 38.2. The molecule has 162 valence electrons. The van der Waals surface area contributed by atoms with Crippen molar-refractivity contribution >= 4 is 19.9 Å². The first-order chi connectivity index (χ1) is 15.3. The minimum absolute atomic E-state index is 0.131. The van der Waals surface area contributed by atoms with Crippen LogP contribution in [0.1, 0.15) is 37.9 Å². The fourth-order valence-corrected chi connectivity index (χ4v) is 3.14. The fraction of sp³-hybridized carbons (Fsp3) is 0.208. The van der Waals surface area contributed by atoms with Gasteiger partial charge in [0.05, 0.1) is 24.5 Å². The fourth-order valence-electron chi connectivity index (χ4n) is 2.62. The molecule has 32 heavy (non-hydrogen) atoms. The Morgan fingerprint density at radius 3 is 1.75 bits per heavy atom. The molecule has 0 aliphatic heterocycles. The van der Waals surface area contributed by atoms with Crippen LogP contribution in [-0.2, 0) is 13.1 Å². The maximum absolute atomic E-state index is 12.7. The first-order valence-electron chi connectivity index (χ1n) is 10.2. The summed E-state index contributed by atoms with van der Waals surface area (Å²) in [5, 5.41) is 5.59. The van der Waals surface area contributed by atoms with Gasteiger partial charge in [-0.25, -0.2) is 4.98 Å². The summed E-state index contributed by atoms with van der Waals surface area (Å²) in [5.41, 5.74) is 5.55. The molecule has 2 N–H and O–H groups in total. The molecule has 0 unspecified atom stereocenters. The van der Waals surface area contributed by atoms with Crippen LogP contribution in [0, 0.1) is 11.5 Å². The van der Waals surface area contributed by atoms with E-state index in [1.54, 1.807) is 24.5 Å². The Balaban J connectivity index is 1.82. The summed E-state index contributed by atoms with van der Waals surface area (Å²) >= 11 is 0. The number of amides is 2. The van der Waals surface area contributed by atoms with Crippen LogP contribution in [0.4, 0.5) is 0 Å². The lowest BCUT2D eigenvalue weighted by Crippen LogP contribution is -2.28. The zero-order valence-electron chi connectivity index (χ0n) is 18.3. The van der Waals surface area contributed by atoms with Gasteiger partial charge in [0.2, 0.25) is 0 Å². The number of hydrogen-bond donors (Lipinski definition) is 2. The van der Waals surface area contributed by atoms with Crippen LogP contribution in [0.2, 0.25) is 19.6 Å². The monoisotopic (exact) mass is 443 g/mol. The van der Waals surface area contributed by atoms with Gasteiger partial charge < -0.3 is 10.6 Å². The maximum atomic E-state index is 12.7. The highest BCUT2D eigenvalue weighted by atomic mass is 28.3. The maximum Gasteiger partial charge on any atom is 0.270 e. The van der Waals surface area contributed by atoms with Crippen molar-refractivity contribution in [1.29, 1.82) is 0 Å². The molecule has 2 amide bonds. The van der Waals surface area contributed by atoms with Gasteiger partial charge in [0.25, 0.3) is 11.8 Å². The molecule has 0 atom stereocenters. The van der Waals surface area contributed by atoms with Gasteiger partial charge in [0.15, 0.2) is 0 Å². The van der Waals surface area contributed by atoms with E-state index in [0.717, 1.165) is 11.4 Å². The first kappa shape index (κ1) is 22.8. The van der Waals surface area contributed by atoms with E-state index in [1.165, 1.54) is 0 Å². The van der Waals surface area contributed by atoms with Gasteiger partial charge in [0, 0.05) is 18.0 Å². The Morgan fingerprint density at radius 2 is 1.34 bits per heavy atom. The first-order valence-corrected chi connectivity index (χ1v) is 13.7. The topological polar surface area (TPSA) is 96.9 Å². The van der Waals surface area contributed by atoms with E-state index in [-0.39, 0.29) is 24.5 Å². The Morgan fingerprint density at radius 1 is 0.844 bits per heavy atom. The Hall–Kier alpha value is -3.83. The van der Waals surface area contributed by atoms with E-state index >= 15 is 0 Å². The zero-order valence-corrected chi connectivity index (χ0v) is 19.3. The molecule has 0 aromatic carbocycles. The van der Waals surface area contributed by atoms with Gasteiger partial charge in [-0.15, -0.1) is 5.54 Å². The smallest absolute Gasteiger partial charge is 0.270 e. The van der Waals surface area contributed by atoms with Crippen LogP contribution in [0.3, 0.4) is 0 Å². The van der Waals surface area contributed by atoms with Gasteiger partial charge in [-0.2, -0.15) is 0 Å². The van der Waals surface area contributed by atoms with Gasteiger partial charge in [-0.05, 0) is 36.4 Å². The van der Waals surface area contributed by atoms with E-state index in [1.807, 2.05) is 36.4 Å². The molecule has 0 saturated carbocycles. The van der Waals surface area contributed by atoms with Crippen molar-refractivity contribution in [3.05, 3.63) is 89.3 Å². The molecule has 3 aromatic heterocycles. The molecule has 0 bridgehead atoms. The third-order valence-electron chi connectivity index (χ3n) is 4.18. The number of aromatic nitrogens is 3. The summed E-state index contributed by atoms with van der Waals surface area (Å²) < 4.78 is 0. The minimum atomic E-state index is -1.65. The highest BCUT2D eigenvalue weighted by molar-refractivity contribution is 6.83. The summed E-state index contributed by atoms with van der Waals surface area (Å²) in [6.07, 6.45) is 3.33. The molecular weight excluding hydrogens is 418 g/mol. The average Bonchev–Trinajstić information content (AvgIpc) is 2.80. The summed E-state index contributed by atoms with van der Waals surface area (Å²) in [6.45, 7) is 6.90. The standard InChI is InChI=1S/C24H25N5O2Si/c1-32(2,3)13-10-18-14-21(23(30)27-16-19-8-4-6-11-25-19)29-22(15-18)24(31)28-17-20-9-5-7-12-26-20/h4-9,11-12,14-15H,16-17H2,1-3H3,(H,27,30)(H,28,31). The summed E-state index contributed by atoms with van der Waals surface area (Å²) in [5.74, 6) is 2.32. The van der Waals surface area contributed by atoms with E-state index < -0.39 is 19.9 Å². The number of nitrogens with zero attached hydrogens (tertiary/aromatic N) is 3. The van der Waals surface area contributed by atoms with Crippen molar-refractivity contribution in [1.82, 2.24) is 25.6 Å². The second-order valence-corrected chi connectivity index (χ2v) is 12.9. The highest BCUT2D eigenvalue weighted by Gasteiger charge is 2.15. The Bertz CT molecular complexity index is 1080. The van der Waals surface area contributed by atoms with Crippen molar-refractivity contribution < 1.29 is 9.59 Å². The third-order valence-corrected chi connectivity index (χ3v) is 5.06. The van der Waals surface area contributed by atoms with E-state index in [2.05, 4.69) is 56.7 Å². The molecule has 8 heteroatoms. The average molecular weight is 444 g/mol. The summed E-state index contributed by atoms with van der Waals surface area (Å²) in [6, 6.07) is 14.2. The van der Waals surface area contributed by atoms with Gasteiger partial charge in [0.1, 0.15) is 19.5 Å². The molecule has 3 aromatic rings. The van der Waals surface area contributed by atoms with Crippen molar-refractivity contribution in [3.63, 3.8) is 0 Å². The predicted molar refractivity (Wildman–Crippen MR) is 125 cm³/mol.